The van der Waals surface area contributed by atoms with Gasteiger partial charge < -0.3 is 4.74 Å². The van der Waals surface area contributed by atoms with Crippen LogP contribution in [0.1, 0.15) is 29.8 Å². The molecule has 1 aromatic heterocycles. The van der Waals surface area contributed by atoms with Gasteiger partial charge in [0.25, 0.3) is 0 Å². The number of ether oxygens (including phenoxy) is 1. The largest absolute Gasteiger partial charge is 0.458 e. The van der Waals surface area contributed by atoms with Crippen LogP contribution in [0.15, 0.2) is 6.20 Å². The third-order valence-corrected chi connectivity index (χ3v) is 2.25. The van der Waals surface area contributed by atoms with E-state index in [1.807, 2.05) is 0 Å². The molecule has 0 bridgehead atoms. The SMILES string of the molecule is Cn1nncc1C(=O)OC1CCC1. The van der Waals surface area contributed by atoms with Crippen LogP contribution in [-0.4, -0.2) is 27.1 Å². The minimum Gasteiger partial charge on any atom is -0.458 e. The summed E-state index contributed by atoms with van der Waals surface area (Å²) in [6.45, 7) is 0. The molecule has 0 spiro atoms. The predicted octanol–water partition coefficient (Wildman–Crippen LogP) is 0.524. The lowest BCUT2D eigenvalue weighted by atomic mass is 9.96. The molecule has 1 aromatic rings. The molecule has 0 aromatic carbocycles. The fraction of sp³-hybridized carbons (Fsp3) is 0.625. The molecule has 5 heteroatoms. The Bertz CT molecular complexity index is 317. The Morgan fingerprint density at radius 2 is 2.46 bits per heavy atom. The normalized spacial score (nSPS) is 16.7. The molecule has 0 radical (unpaired) electrons. The van der Waals surface area contributed by atoms with Gasteiger partial charge in [0.2, 0.25) is 0 Å². The Hall–Kier alpha value is -1.39. The number of aromatic nitrogens is 3. The van der Waals surface area contributed by atoms with Gasteiger partial charge in [0.1, 0.15) is 6.10 Å². The van der Waals surface area contributed by atoms with Crippen molar-refractivity contribution in [2.75, 3.05) is 0 Å². The molecule has 1 heterocycles. The van der Waals surface area contributed by atoms with Gasteiger partial charge >= 0.3 is 5.97 Å². The van der Waals surface area contributed by atoms with Crippen LogP contribution in [0, 0.1) is 0 Å². The zero-order valence-electron chi connectivity index (χ0n) is 7.43. The second kappa shape index (κ2) is 3.16. The summed E-state index contributed by atoms with van der Waals surface area (Å²) in [7, 11) is 1.67. The van der Waals surface area contributed by atoms with Gasteiger partial charge in [-0.05, 0) is 19.3 Å². The molecule has 0 aliphatic heterocycles. The summed E-state index contributed by atoms with van der Waals surface area (Å²) < 4.78 is 6.59. The van der Waals surface area contributed by atoms with E-state index in [1.54, 1.807) is 7.05 Å². The zero-order chi connectivity index (χ0) is 9.26. The van der Waals surface area contributed by atoms with E-state index in [4.69, 9.17) is 4.74 Å². The monoisotopic (exact) mass is 181 g/mol. The van der Waals surface area contributed by atoms with E-state index in [1.165, 1.54) is 10.9 Å². The number of rotatable bonds is 2. The average molecular weight is 181 g/mol. The molecule has 0 saturated heterocycles. The second-order valence-electron chi connectivity index (χ2n) is 3.20. The molecular weight excluding hydrogens is 170 g/mol. The van der Waals surface area contributed by atoms with E-state index in [9.17, 15) is 4.79 Å². The first-order valence-corrected chi connectivity index (χ1v) is 4.33. The highest BCUT2D eigenvalue weighted by molar-refractivity contribution is 5.87. The van der Waals surface area contributed by atoms with E-state index in [0.29, 0.717) is 5.69 Å². The molecule has 0 atom stereocenters. The minimum absolute atomic E-state index is 0.113. The van der Waals surface area contributed by atoms with Crippen LogP contribution < -0.4 is 0 Å². The maximum atomic E-state index is 11.4. The Morgan fingerprint density at radius 1 is 1.69 bits per heavy atom. The molecule has 0 amide bonds. The van der Waals surface area contributed by atoms with Crippen LogP contribution in [-0.2, 0) is 11.8 Å². The van der Waals surface area contributed by atoms with E-state index >= 15 is 0 Å². The molecule has 2 rings (SSSR count). The van der Waals surface area contributed by atoms with Gasteiger partial charge in [-0.25, -0.2) is 9.48 Å². The van der Waals surface area contributed by atoms with Gasteiger partial charge in [-0.1, -0.05) is 5.21 Å². The summed E-state index contributed by atoms with van der Waals surface area (Å²) >= 11 is 0. The fourth-order valence-electron chi connectivity index (χ4n) is 1.17. The van der Waals surface area contributed by atoms with E-state index in [0.717, 1.165) is 19.3 Å². The number of esters is 1. The van der Waals surface area contributed by atoms with Crippen molar-refractivity contribution in [3.63, 3.8) is 0 Å². The van der Waals surface area contributed by atoms with E-state index < -0.39 is 0 Å². The number of hydrogen-bond donors (Lipinski definition) is 0. The lowest BCUT2D eigenvalue weighted by Crippen LogP contribution is -2.26. The topological polar surface area (TPSA) is 57.0 Å². The maximum absolute atomic E-state index is 11.4. The highest BCUT2D eigenvalue weighted by atomic mass is 16.5. The Morgan fingerprint density at radius 3 is 2.92 bits per heavy atom. The van der Waals surface area contributed by atoms with Crippen molar-refractivity contribution < 1.29 is 9.53 Å². The minimum atomic E-state index is -0.322. The van der Waals surface area contributed by atoms with Crippen molar-refractivity contribution in [1.29, 1.82) is 0 Å². The molecular formula is C8H11N3O2. The quantitative estimate of drug-likeness (QED) is 0.624. The molecule has 1 aliphatic rings. The van der Waals surface area contributed by atoms with Crippen LogP contribution in [0.2, 0.25) is 0 Å². The number of carbonyl (C=O) groups excluding carboxylic acids is 1. The summed E-state index contributed by atoms with van der Waals surface area (Å²) in [5, 5.41) is 7.26. The van der Waals surface area contributed by atoms with Crippen molar-refractivity contribution >= 4 is 5.97 Å². The number of aryl methyl sites for hydroxylation is 1. The van der Waals surface area contributed by atoms with Crippen LogP contribution in [0.25, 0.3) is 0 Å². The van der Waals surface area contributed by atoms with Crippen LogP contribution in [0.4, 0.5) is 0 Å². The van der Waals surface area contributed by atoms with Crippen molar-refractivity contribution in [1.82, 2.24) is 15.0 Å². The lowest BCUT2D eigenvalue weighted by molar-refractivity contribution is 0.00786. The van der Waals surface area contributed by atoms with Gasteiger partial charge in [0.05, 0.1) is 6.20 Å². The summed E-state index contributed by atoms with van der Waals surface area (Å²) in [5.74, 6) is -0.322. The molecule has 13 heavy (non-hydrogen) atoms. The Balaban J connectivity index is 2.00. The standard InChI is InChI=1S/C8H11N3O2/c1-11-7(5-9-10-11)8(12)13-6-3-2-4-6/h5-6H,2-4H2,1H3. The lowest BCUT2D eigenvalue weighted by Gasteiger charge is -2.24. The summed E-state index contributed by atoms with van der Waals surface area (Å²) in [6, 6.07) is 0. The second-order valence-corrected chi connectivity index (χ2v) is 3.20. The molecule has 0 N–H and O–H groups in total. The predicted molar refractivity (Wildman–Crippen MR) is 44.1 cm³/mol. The fourth-order valence-corrected chi connectivity index (χ4v) is 1.17. The van der Waals surface area contributed by atoms with Crippen molar-refractivity contribution in [3.8, 4) is 0 Å². The van der Waals surface area contributed by atoms with Gasteiger partial charge in [-0.2, -0.15) is 0 Å². The molecule has 1 saturated carbocycles. The molecule has 1 fully saturated rings. The molecule has 5 nitrogen and oxygen atoms in total. The number of hydrogen-bond acceptors (Lipinski definition) is 4. The number of nitrogens with zero attached hydrogens (tertiary/aromatic N) is 3. The number of carbonyl (C=O) groups is 1. The molecule has 0 unspecified atom stereocenters. The summed E-state index contributed by atoms with van der Waals surface area (Å²) in [5.41, 5.74) is 0.409. The maximum Gasteiger partial charge on any atom is 0.358 e. The summed E-state index contributed by atoms with van der Waals surface area (Å²) in [6.07, 6.45) is 4.65. The Labute approximate surface area is 75.7 Å². The molecule has 1 aliphatic carbocycles. The smallest absolute Gasteiger partial charge is 0.358 e. The van der Waals surface area contributed by atoms with Gasteiger partial charge in [0, 0.05) is 7.05 Å². The highest BCUT2D eigenvalue weighted by Gasteiger charge is 2.23. The summed E-state index contributed by atoms with van der Waals surface area (Å²) in [4.78, 5) is 11.4. The average Bonchev–Trinajstić information content (AvgIpc) is 2.43. The van der Waals surface area contributed by atoms with Gasteiger partial charge in [-0.15, -0.1) is 5.10 Å². The molecule has 70 valence electrons. The van der Waals surface area contributed by atoms with E-state index in [2.05, 4.69) is 10.3 Å². The zero-order valence-corrected chi connectivity index (χ0v) is 7.43. The van der Waals surface area contributed by atoms with Crippen molar-refractivity contribution in [2.24, 2.45) is 7.05 Å². The van der Waals surface area contributed by atoms with Gasteiger partial charge in [0.15, 0.2) is 5.69 Å². The van der Waals surface area contributed by atoms with Gasteiger partial charge in [-0.3, -0.25) is 0 Å². The third kappa shape index (κ3) is 1.54. The highest BCUT2D eigenvalue weighted by Crippen LogP contribution is 2.22. The Kier molecular flexibility index (Phi) is 2.00. The van der Waals surface area contributed by atoms with Crippen LogP contribution in [0.3, 0.4) is 0 Å². The first-order chi connectivity index (χ1) is 6.27. The van der Waals surface area contributed by atoms with Crippen LogP contribution >= 0.6 is 0 Å². The van der Waals surface area contributed by atoms with E-state index in [-0.39, 0.29) is 12.1 Å². The van der Waals surface area contributed by atoms with Crippen LogP contribution in [0.5, 0.6) is 0 Å². The van der Waals surface area contributed by atoms with Crippen molar-refractivity contribution in [2.45, 2.75) is 25.4 Å². The first-order valence-electron chi connectivity index (χ1n) is 4.33. The third-order valence-electron chi connectivity index (χ3n) is 2.25. The van der Waals surface area contributed by atoms with Crippen molar-refractivity contribution in [3.05, 3.63) is 11.9 Å². The first kappa shape index (κ1) is 8.22.